The number of anilines is 2. The van der Waals surface area contributed by atoms with Crippen molar-refractivity contribution in [3.8, 4) is 0 Å². The summed E-state index contributed by atoms with van der Waals surface area (Å²) in [5.74, 6) is 0. The van der Waals surface area contributed by atoms with Gasteiger partial charge < -0.3 is 11.1 Å². The molecule has 2 aromatic rings. The zero-order valence-electron chi connectivity index (χ0n) is 12.2. The zero-order chi connectivity index (χ0) is 15.4. The first kappa shape index (κ1) is 15.3. The molecule has 0 saturated heterocycles. The maximum atomic E-state index is 12.9. The molecule has 0 atom stereocenters. The SMILES string of the molecule is Cc1cc(C)n(CCCNc2ccc(N)cc2C(F)F)n1. The van der Waals surface area contributed by atoms with E-state index in [9.17, 15) is 8.78 Å². The third kappa shape index (κ3) is 3.93. The molecular weight excluding hydrogens is 274 g/mol. The highest BCUT2D eigenvalue weighted by atomic mass is 19.3. The smallest absolute Gasteiger partial charge is 0.265 e. The molecule has 0 amide bonds. The molecule has 4 nitrogen and oxygen atoms in total. The van der Waals surface area contributed by atoms with E-state index in [4.69, 9.17) is 5.73 Å². The summed E-state index contributed by atoms with van der Waals surface area (Å²) in [4.78, 5) is 0. The van der Waals surface area contributed by atoms with E-state index < -0.39 is 6.43 Å². The minimum Gasteiger partial charge on any atom is -0.399 e. The van der Waals surface area contributed by atoms with Crippen LogP contribution in [0.1, 0.15) is 29.8 Å². The number of rotatable bonds is 6. The largest absolute Gasteiger partial charge is 0.399 e. The van der Waals surface area contributed by atoms with Crippen LogP contribution in [0.4, 0.5) is 20.2 Å². The lowest BCUT2D eigenvalue weighted by Gasteiger charge is -2.12. The van der Waals surface area contributed by atoms with Crippen molar-refractivity contribution in [3.63, 3.8) is 0 Å². The van der Waals surface area contributed by atoms with Crippen molar-refractivity contribution in [2.45, 2.75) is 33.2 Å². The minimum atomic E-state index is -2.54. The van der Waals surface area contributed by atoms with Crippen LogP contribution in [0, 0.1) is 13.8 Å². The molecule has 0 aliphatic rings. The molecule has 6 heteroatoms. The molecule has 0 aliphatic heterocycles. The number of nitrogens with two attached hydrogens (primary N) is 1. The summed E-state index contributed by atoms with van der Waals surface area (Å²) < 4.78 is 27.8. The standard InChI is InChI=1S/C15H20F2N4/c1-10-8-11(2)21(20-10)7-3-6-19-14-5-4-12(18)9-13(14)15(16)17/h4-5,8-9,15,19H,3,6-7,18H2,1-2H3. The van der Waals surface area contributed by atoms with Gasteiger partial charge in [0.1, 0.15) is 0 Å². The number of aromatic nitrogens is 2. The summed E-state index contributed by atoms with van der Waals surface area (Å²) in [7, 11) is 0. The number of alkyl halides is 2. The molecule has 0 aliphatic carbocycles. The van der Waals surface area contributed by atoms with E-state index in [1.54, 1.807) is 12.1 Å². The van der Waals surface area contributed by atoms with Gasteiger partial charge in [-0.3, -0.25) is 4.68 Å². The van der Waals surface area contributed by atoms with Gasteiger partial charge in [-0.1, -0.05) is 0 Å². The second-order valence-corrected chi connectivity index (χ2v) is 5.08. The van der Waals surface area contributed by atoms with Crippen molar-refractivity contribution in [1.82, 2.24) is 9.78 Å². The molecular formula is C15H20F2N4. The fourth-order valence-electron chi connectivity index (χ4n) is 2.28. The lowest BCUT2D eigenvalue weighted by Crippen LogP contribution is -2.10. The van der Waals surface area contributed by atoms with E-state index in [1.807, 2.05) is 24.6 Å². The Morgan fingerprint density at radius 3 is 2.67 bits per heavy atom. The molecule has 0 radical (unpaired) electrons. The van der Waals surface area contributed by atoms with Crippen molar-refractivity contribution >= 4 is 11.4 Å². The Kier molecular flexibility index (Phi) is 4.77. The van der Waals surface area contributed by atoms with Gasteiger partial charge in [-0.25, -0.2) is 8.78 Å². The third-order valence-electron chi connectivity index (χ3n) is 3.28. The first-order valence-corrected chi connectivity index (χ1v) is 6.90. The second kappa shape index (κ2) is 6.56. The molecule has 2 rings (SSSR count). The Bertz CT molecular complexity index is 608. The molecule has 3 N–H and O–H groups in total. The monoisotopic (exact) mass is 294 g/mol. The molecule has 0 fully saturated rings. The highest BCUT2D eigenvalue weighted by Crippen LogP contribution is 2.28. The van der Waals surface area contributed by atoms with Gasteiger partial charge in [0.2, 0.25) is 0 Å². The van der Waals surface area contributed by atoms with Crippen LogP contribution in [0.15, 0.2) is 24.3 Å². The van der Waals surface area contributed by atoms with Gasteiger partial charge in [0.15, 0.2) is 0 Å². The third-order valence-corrected chi connectivity index (χ3v) is 3.28. The average Bonchev–Trinajstić information content (AvgIpc) is 2.74. The Hall–Kier alpha value is -2.11. The van der Waals surface area contributed by atoms with Crippen molar-refractivity contribution in [2.24, 2.45) is 0 Å². The number of hydrogen-bond donors (Lipinski definition) is 2. The molecule has 0 saturated carbocycles. The number of halogens is 2. The van der Waals surface area contributed by atoms with Gasteiger partial charge in [-0.05, 0) is 44.5 Å². The maximum absolute atomic E-state index is 12.9. The molecule has 1 aromatic carbocycles. The molecule has 1 heterocycles. The van der Waals surface area contributed by atoms with Gasteiger partial charge in [0, 0.05) is 35.7 Å². The molecule has 114 valence electrons. The Morgan fingerprint density at radius 1 is 1.29 bits per heavy atom. The number of hydrogen-bond acceptors (Lipinski definition) is 3. The highest BCUT2D eigenvalue weighted by Gasteiger charge is 2.13. The van der Waals surface area contributed by atoms with Crippen molar-refractivity contribution in [3.05, 3.63) is 41.2 Å². The van der Waals surface area contributed by atoms with E-state index in [1.165, 1.54) is 6.07 Å². The number of nitrogens with zero attached hydrogens (tertiary/aromatic N) is 2. The van der Waals surface area contributed by atoms with Crippen molar-refractivity contribution in [2.75, 3.05) is 17.6 Å². The molecule has 1 aromatic heterocycles. The van der Waals surface area contributed by atoms with Crippen LogP contribution in [0.5, 0.6) is 0 Å². The van der Waals surface area contributed by atoms with Crippen LogP contribution in [-0.4, -0.2) is 16.3 Å². The van der Waals surface area contributed by atoms with E-state index in [0.29, 0.717) is 17.9 Å². The topological polar surface area (TPSA) is 55.9 Å². The summed E-state index contributed by atoms with van der Waals surface area (Å²) in [6.07, 6.45) is -1.73. The first-order chi connectivity index (χ1) is 9.97. The summed E-state index contributed by atoms with van der Waals surface area (Å²) in [6, 6.07) is 6.55. The lowest BCUT2D eigenvalue weighted by atomic mass is 10.1. The van der Waals surface area contributed by atoms with E-state index in [2.05, 4.69) is 10.4 Å². The zero-order valence-corrected chi connectivity index (χ0v) is 12.2. The minimum absolute atomic E-state index is 0.0545. The summed E-state index contributed by atoms with van der Waals surface area (Å²) in [5.41, 5.74) is 8.36. The summed E-state index contributed by atoms with van der Waals surface area (Å²) in [5, 5.41) is 7.41. The fraction of sp³-hybridized carbons (Fsp3) is 0.400. The van der Waals surface area contributed by atoms with E-state index in [-0.39, 0.29) is 5.56 Å². The highest BCUT2D eigenvalue weighted by molar-refractivity contribution is 5.58. The Morgan fingerprint density at radius 2 is 2.05 bits per heavy atom. The normalized spacial score (nSPS) is 11.1. The molecule has 0 bridgehead atoms. The van der Waals surface area contributed by atoms with Crippen LogP contribution in [0.2, 0.25) is 0 Å². The quantitative estimate of drug-likeness (QED) is 0.633. The molecule has 0 spiro atoms. The predicted octanol–water partition coefficient (Wildman–Crippen LogP) is 3.52. The maximum Gasteiger partial charge on any atom is 0.265 e. The second-order valence-electron chi connectivity index (χ2n) is 5.08. The van der Waals surface area contributed by atoms with Gasteiger partial charge in [-0.15, -0.1) is 0 Å². The fourth-order valence-corrected chi connectivity index (χ4v) is 2.28. The molecule has 21 heavy (non-hydrogen) atoms. The van der Waals surface area contributed by atoms with Gasteiger partial charge >= 0.3 is 0 Å². The predicted molar refractivity (Wildman–Crippen MR) is 80.6 cm³/mol. The van der Waals surface area contributed by atoms with Crippen LogP contribution >= 0.6 is 0 Å². The van der Waals surface area contributed by atoms with Crippen LogP contribution < -0.4 is 11.1 Å². The van der Waals surface area contributed by atoms with E-state index >= 15 is 0 Å². The van der Waals surface area contributed by atoms with Crippen LogP contribution in [0.3, 0.4) is 0 Å². The number of aryl methyl sites for hydroxylation is 3. The van der Waals surface area contributed by atoms with E-state index in [0.717, 1.165) is 24.4 Å². The number of nitrogen functional groups attached to an aromatic ring is 1. The van der Waals surface area contributed by atoms with Crippen molar-refractivity contribution < 1.29 is 8.78 Å². The van der Waals surface area contributed by atoms with Gasteiger partial charge in [-0.2, -0.15) is 5.10 Å². The van der Waals surface area contributed by atoms with Crippen LogP contribution in [0.25, 0.3) is 0 Å². The van der Waals surface area contributed by atoms with Crippen molar-refractivity contribution in [1.29, 1.82) is 0 Å². The van der Waals surface area contributed by atoms with Gasteiger partial charge in [0.05, 0.1) is 5.69 Å². The number of benzene rings is 1. The summed E-state index contributed by atoms with van der Waals surface area (Å²) in [6.45, 7) is 5.31. The average molecular weight is 294 g/mol. The molecule has 0 unspecified atom stereocenters. The summed E-state index contributed by atoms with van der Waals surface area (Å²) >= 11 is 0. The number of nitrogens with one attached hydrogen (secondary N) is 1. The van der Waals surface area contributed by atoms with Gasteiger partial charge in [0.25, 0.3) is 6.43 Å². The van der Waals surface area contributed by atoms with Crippen LogP contribution in [-0.2, 0) is 6.54 Å². The Labute approximate surface area is 123 Å². The first-order valence-electron chi connectivity index (χ1n) is 6.90. The Balaban J connectivity index is 1.90. The lowest BCUT2D eigenvalue weighted by molar-refractivity contribution is 0.152.